The van der Waals surface area contributed by atoms with Gasteiger partial charge < -0.3 is 5.73 Å². The second-order valence-corrected chi connectivity index (χ2v) is 5.62. The van der Waals surface area contributed by atoms with Crippen molar-refractivity contribution in [3.05, 3.63) is 54.0 Å². The van der Waals surface area contributed by atoms with E-state index in [1.807, 2.05) is 0 Å². The van der Waals surface area contributed by atoms with Gasteiger partial charge in [0, 0.05) is 11.4 Å². The number of nitro groups is 1. The molecular weight excluding hydrogens is 374 g/mol. The Morgan fingerprint density at radius 1 is 1.00 bits per heavy atom. The van der Waals surface area contributed by atoms with Crippen molar-refractivity contribution in [3.8, 4) is 0 Å². The van der Waals surface area contributed by atoms with E-state index in [2.05, 4.69) is 9.97 Å². The lowest BCUT2D eigenvalue weighted by atomic mass is 10.3. The molecule has 0 fully saturated rings. The molecule has 0 unspecified atom stereocenters. The number of pyridine rings is 2. The summed E-state index contributed by atoms with van der Waals surface area (Å²) in [5.41, 5.74) is 6.74. The normalized spacial score (nSPS) is 9.91. The number of nitrogens with two attached hydrogens (primary N) is 1. The average molecular weight is 384 g/mol. The predicted octanol–water partition coefficient (Wildman–Crippen LogP) is 4.88. The predicted molar refractivity (Wildman–Crippen MR) is 89.1 cm³/mol. The molecule has 0 saturated heterocycles. The Balaban J connectivity index is 0.000000224. The molecule has 2 rings (SSSR count). The minimum absolute atomic E-state index is 0.0116. The van der Waals surface area contributed by atoms with Crippen LogP contribution in [0.1, 0.15) is 11.4 Å². The fourth-order valence-electron chi connectivity index (χ4n) is 1.36. The smallest absolute Gasteiger partial charge is 0.324 e. The average Bonchev–Trinajstić information content (AvgIpc) is 2.34. The second-order valence-electron chi connectivity index (χ2n) is 4.09. The third kappa shape index (κ3) is 4.84. The first-order valence-electron chi connectivity index (χ1n) is 5.68. The van der Waals surface area contributed by atoms with Crippen LogP contribution >= 0.6 is 46.4 Å². The molecule has 0 amide bonds. The van der Waals surface area contributed by atoms with Crippen molar-refractivity contribution >= 4 is 57.8 Å². The highest BCUT2D eigenvalue weighted by Gasteiger charge is 2.19. The van der Waals surface area contributed by atoms with Gasteiger partial charge in [-0.15, -0.1) is 0 Å². The molecule has 10 heteroatoms. The first kappa shape index (κ1) is 18.7. The first-order valence-corrected chi connectivity index (χ1v) is 7.19. The lowest BCUT2D eigenvalue weighted by molar-refractivity contribution is -0.384. The van der Waals surface area contributed by atoms with Crippen LogP contribution in [0, 0.1) is 24.0 Å². The Labute approximate surface area is 146 Å². The number of hydrogen-bond acceptors (Lipinski definition) is 5. The Morgan fingerprint density at radius 2 is 1.45 bits per heavy atom. The third-order valence-electron chi connectivity index (χ3n) is 2.30. The van der Waals surface area contributed by atoms with Gasteiger partial charge in [-0.25, -0.2) is 9.97 Å². The summed E-state index contributed by atoms with van der Waals surface area (Å²) in [6.45, 7) is 3.46. The zero-order valence-corrected chi connectivity index (χ0v) is 14.4. The highest BCUT2D eigenvalue weighted by atomic mass is 35.5. The van der Waals surface area contributed by atoms with Gasteiger partial charge in [-0.3, -0.25) is 10.1 Å². The van der Waals surface area contributed by atoms with E-state index < -0.39 is 4.92 Å². The quantitative estimate of drug-likeness (QED) is 0.430. The molecule has 0 atom stereocenters. The van der Waals surface area contributed by atoms with E-state index in [1.165, 1.54) is 6.07 Å². The van der Waals surface area contributed by atoms with Crippen molar-refractivity contribution in [2.24, 2.45) is 0 Å². The third-order valence-corrected chi connectivity index (χ3v) is 3.46. The van der Waals surface area contributed by atoms with Crippen LogP contribution in [0.5, 0.6) is 0 Å². The topological polar surface area (TPSA) is 94.9 Å². The van der Waals surface area contributed by atoms with Gasteiger partial charge in [0.2, 0.25) is 5.15 Å². The standard InChI is InChI=1S/C6H4Cl2N2O2.C6H6Cl2N2/c1-3-2-4(7)5(10(11)12)6(8)9-3;1-3-2-4(7)5(9)6(8)10-3/h2H,1H3;2H,9H2,1H3. The largest absolute Gasteiger partial charge is 0.395 e. The fourth-order valence-corrected chi connectivity index (χ4v) is 2.56. The summed E-state index contributed by atoms with van der Waals surface area (Å²) in [6, 6.07) is 3.06. The molecule has 0 spiro atoms. The van der Waals surface area contributed by atoms with E-state index in [-0.39, 0.29) is 21.0 Å². The number of hydrogen-bond donors (Lipinski definition) is 1. The maximum atomic E-state index is 10.4. The van der Waals surface area contributed by atoms with Crippen molar-refractivity contribution in [1.82, 2.24) is 9.97 Å². The molecular formula is C12H10Cl4N4O2. The Hall–Kier alpha value is -1.34. The van der Waals surface area contributed by atoms with Crippen LogP contribution in [0.15, 0.2) is 12.1 Å². The fraction of sp³-hybridized carbons (Fsp3) is 0.167. The van der Waals surface area contributed by atoms with Gasteiger partial charge in [0.25, 0.3) is 0 Å². The molecule has 22 heavy (non-hydrogen) atoms. The maximum Gasteiger partial charge on any atom is 0.324 e. The molecule has 0 saturated carbocycles. The monoisotopic (exact) mass is 382 g/mol. The Morgan fingerprint density at radius 3 is 1.86 bits per heavy atom. The lowest BCUT2D eigenvalue weighted by Crippen LogP contribution is -1.93. The van der Waals surface area contributed by atoms with Crippen molar-refractivity contribution in [3.63, 3.8) is 0 Å². The summed E-state index contributed by atoms with van der Waals surface area (Å²) in [6.07, 6.45) is 0. The number of aryl methyl sites for hydroxylation is 2. The number of halogens is 4. The van der Waals surface area contributed by atoms with E-state index in [9.17, 15) is 10.1 Å². The molecule has 0 radical (unpaired) electrons. The van der Waals surface area contributed by atoms with Crippen LogP contribution in [-0.4, -0.2) is 14.9 Å². The van der Waals surface area contributed by atoms with Crippen molar-refractivity contribution in [2.75, 3.05) is 5.73 Å². The van der Waals surface area contributed by atoms with Gasteiger partial charge >= 0.3 is 5.69 Å². The molecule has 0 aliphatic carbocycles. The van der Waals surface area contributed by atoms with E-state index in [4.69, 9.17) is 52.1 Å². The van der Waals surface area contributed by atoms with Crippen molar-refractivity contribution in [1.29, 1.82) is 0 Å². The highest BCUT2D eigenvalue weighted by molar-refractivity contribution is 6.38. The summed E-state index contributed by atoms with van der Waals surface area (Å²) >= 11 is 22.3. The van der Waals surface area contributed by atoms with Crippen LogP contribution in [0.2, 0.25) is 20.4 Å². The first-order chi connectivity index (χ1) is 10.1. The van der Waals surface area contributed by atoms with Crippen LogP contribution < -0.4 is 5.73 Å². The van der Waals surface area contributed by atoms with Gasteiger partial charge in [0.05, 0.1) is 15.6 Å². The summed E-state index contributed by atoms with van der Waals surface area (Å²) in [5.74, 6) is 0. The van der Waals surface area contributed by atoms with Crippen LogP contribution in [0.25, 0.3) is 0 Å². The molecule has 2 aromatic rings. The highest BCUT2D eigenvalue weighted by Crippen LogP contribution is 2.30. The minimum Gasteiger partial charge on any atom is -0.395 e. The molecule has 6 nitrogen and oxygen atoms in total. The molecule has 118 valence electrons. The van der Waals surface area contributed by atoms with Crippen molar-refractivity contribution in [2.45, 2.75) is 13.8 Å². The SMILES string of the molecule is Cc1cc(Cl)c(N)c(Cl)n1.Cc1cc(Cl)c([N+](=O)[O-])c(Cl)n1. The molecule has 2 N–H and O–H groups in total. The molecule has 0 aliphatic rings. The summed E-state index contributed by atoms with van der Waals surface area (Å²) in [5, 5.41) is 10.9. The van der Waals surface area contributed by atoms with Crippen molar-refractivity contribution < 1.29 is 4.92 Å². The molecule has 0 aliphatic heterocycles. The number of nitrogen functional groups attached to an aromatic ring is 1. The van der Waals surface area contributed by atoms with Crippen LogP contribution in [0.3, 0.4) is 0 Å². The molecule has 0 bridgehead atoms. The summed E-state index contributed by atoms with van der Waals surface area (Å²) < 4.78 is 0. The number of anilines is 1. The van der Waals surface area contributed by atoms with Crippen LogP contribution in [0.4, 0.5) is 11.4 Å². The van der Waals surface area contributed by atoms with E-state index in [0.29, 0.717) is 16.4 Å². The van der Waals surface area contributed by atoms with Crippen LogP contribution in [-0.2, 0) is 0 Å². The Bertz CT molecular complexity index is 678. The minimum atomic E-state index is -0.656. The molecule has 2 aromatic heterocycles. The molecule has 2 heterocycles. The molecule has 0 aromatic carbocycles. The number of rotatable bonds is 1. The lowest BCUT2D eigenvalue weighted by Gasteiger charge is -1.99. The Kier molecular flexibility index (Phi) is 6.62. The van der Waals surface area contributed by atoms with Gasteiger partial charge in [-0.2, -0.15) is 0 Å². The summed E-state index contributed by atoms with van der Waals surface area (Å²) in [4.78, 5) is 17.3. The van der Waals surface area contributed by atoms with E-state index in [0.717, 1.165) is 5.69 Å². The zero-order valence-electron chi connectivity index (χ0n) is 11.4. The van der Waals surface area contributed by atoms with Gasteiger partial charge in [-0.05, 0) is 26.0 Å². The zero-order chi connectivity index (χ0) is 17.0. The van der Waals surface area contributed by atoms with E-state index in [1.54, 1.807) is 19.9 Å². The van der Waals surface area contributed by atoms with Gasteiger partial charge in [0.15, 0.2) is 5.15 Å². The van der Waals surface area contributed by atoms with Gasteiger partial charge in [-0.1, -0.05) is 46.4 Å². The second kappa shape index (κ2) is 7.78. The number of nitrogens with zero attached hydrogens (tertiary/aromatic N) is 3. The summed E-state index contributed by atoms with van der Waals surface area (Å²) in [7, 11) is 0. The maximum absolute atomic E-state index is 10.4. The van der Waals surface area contributed by atoms with Gasteiger partial charge in [0.1, 0.15) is 5.02 Å². The number of aromatic nitrogens is 2. The van der Waals surface area contributed by atoms with E-state index >= 15 is 0 Å².